The number of hydrogen-bond acceptors (Lipinski definition) is 3. The molecule has 1 aromatic rings. The van der Waals surface area contributed by atoms with Gasteiger partial charge in [-0.1, -0.05) is 0 Å². The number of H-pyrrole nitrogens is 1. The average molecular weight is 150 g/mol. The van der Waals surface area contributed by atoms with Gasteiger partial charge in [-0.3, -0.25) is 0 Å². The number of nitrogens with one attached hydrogen (secondary N) is 1. The second-order valence-electron chi connectivity index (χ2n) is 1.68. The van der Waals surface area contributed by atoms with Gasteiger partial charge >= 0.3 is 5.97 Å². The highest BCUT2D eigenvalue weighted by Crippen LogP contribution is 1.82. The molecule has 0 saturated carbocycles. The maximum absolute atomic E-state index is 10.5. The van der Waals surface area contributed by atoms with Gasteiger partial charge in [0.15, 0.2) is 5.82 Å². The van der Waals surface area contributed by atoms with Gasteiger partial charge in [0, 0.05) is 18.3 Å². The smallest absolute Gasteiger partial charge is 0.384 e. The van der Waals surface area contributed by atoms with Crippen molar-refractivity contribution >= 4 is 5.97 Å². The molecule has 56 valence electrons. The van der Waals surface area contributed by atoms with Crippen molar-refractivity contribution in [3.63, 3.8) is 0 Å². The van der Waals surface area contributed by atoms with Crippen LogP contribution in [-0.2, 0) is 9.53 Å². The van der Waals surface area contributed by atoms with Crippen LogP contribution in [0.4, 0.5) is 0 Å². The van der Waals surface area contributed by atoms with Crippen LogP contribution in [0.3, 0.4) is 0 Å². The van der Waals surface area contributed by atoms with Crippen molar-refractivity contribution in [3.05, 3.63) is 18.2 Å². The third-order valence-electron chi connectivity index (χ3n) is 0.967. The highest BCUT2D eigenvalue weighted by Gasteiger charge is 1.90. The zero-order valence-electron chi connectivity index (χ0n) is 5.92. The van der Waals surface area contributed by atoms with Crippen molar-refractivity contribution < 1.29 is 9.53 Å². The van der Waals surface area contributed by atoms with Crippen molar-refractivity contribution in [2.45, 2.75) is 0 Å². The number of rotatable bonds is 0. The van der Waals surface area contributed by atoms with E-state index in [0.29, 0.717) is 5.82 Å². The Bertz CT molecular complexity index is 292. The number of esters is 1. The van der Waals surface area contributed by atoms with E-state index in [-0.39, 0.29) is 0 Å². The predicted molar refractivity (Wildman–Crippen MR) is 37.5 cm³/mol. The van der Waals surface area contributed by atoms with Crippen molar-refractivity contribution in [3.8, 4) is 11.8 Å². The fraction of sp³-hybridized carbons (Fsp3) is 0.143. The number of aromatic amines is 1. The molecule has 0 bridgehead atoms. The number of nitrogens with zero attached hydrogens (tertiary/aromatic N) is 1. The standard InChI is InChI=1S/C7H6N2O2/c1-11-7(10)3-2-6-8-4-5-9-6/h4-5H,1H3,(H,8,9). The van der Waals surface area contributed by atoms with E-state index in [0.717, 1.165) is 0 Å². The first kappa shape index (κ1) is 7.35. The van der Waals surface area contributed by atoms with E-state index in [1.807, 2.05) is 0 Å². The lowest BCUT2D eigenvalue weighted by Crippen LogP contribution is -1.94. The van der Waals surface area contributed by atoms with Crippen LogP contribution in [0.15, 0.2) is 12.4 Å². The normalized spacial score (nSPS) is 8.09. The van der Waals surface area contributed by atoms with Gasteiger partial charge in [-0.2, -0.15) is 0 Å². The molecule has 0 aliphatic carbocycles. The molecule has 11 heavy (non-hydrogen) atoms. The second-order valence-corrected chi connectivity index (χ2v) is 1.68. The molecular weight excluding hydrogens is 144 g/mol. The van der Waals surface area contributed by atoms with Crippen molar-refractivity contribution in [1.82, 2.24) is 9.97 Å². The lowest BCUT2D eigenvalue weighted by Gasteiger charge is -1.82. The Hall–Kier alpha value is -1.76. The molecule has 4 heteroatoms. The first-order valence-corrected chi connectivity index (χ1v) is 2.92. The topological polar surface area (TPSA) is 55.0 Å². The summed E-state index contributed by atoms with van der Waals surface area (Å²) in [6.45, 7) is 0. The summed E-state index contributed by atoms with van der Waals surface area (Å²) in [7, 11) is 1.28. The summed E-state index contributed by atoms with van der Waals surface area (Å²) in [5, 5.41) is 0. The summed E-state index contributed by atoms with van der Waals surface area (Å²) in [6, 6.07) is 0. The first-order valence-electron chi connectivity index (χ1n) is 2.92. The molecule has 1 heterocycles. The van der Waals surface area contributed by atoms with E-state index in [1.165, 1.54) is 7.11 Å². The van der Waals surface area contributed by atoms with Crippen LogP contribution in [0.25, 0.3) is 0 Å². The molecular formula is C7H6N2O2. The molecule has 0 aliphatic rings. The molecule has 0 spiro atoms. The quantitative estimate of drug-likeness (QED) is 0.416. The Labute approximate surface area is 63.6 Å². The van der Waals surface area contributed by atoms with Crippen molar-refractivity contribution in [2.75, 3.05) is 7.11 Å². The lowest BCUT2D eigenvalue weighted by molar-refractivity contribution is -0.133. The van der Waals surface area contributed by atoms with Gasteiger partial charge in [-0.15, -0.1) is 0 Å². The molecule has 0 fully saturated rings. The van der Waals surface area contributed by atoms with Crippen LogP contribution in [0.2, 0.25) is 0 Å². The number of carbonyl (C=O) groups is 1. The van der Waals surface area contributed by atoms with Crippen LogP contribution >= 0.6 is 0 Å². The number of aromatic nitrogens is 2. The van der Waals surface area contributed by atoms with Gasteiger partial charge in [-0.25, -0.2) is 9.78 Å². The molecule has 0 aromatic carbocycles. The average Bonchev–Trinajstić information content (AvgIpc) is 2.52. The molecule has 0 amide bonds. The highest BCUT2D eigenvalue weighted by atomic mass is 16.5. The maximum atomic E-state index is 10.5. The minimum atomic E-state index is -0.568. The number of imidazole rings is 1. The van der Waals surface area contributed by atoms with E-state index >= 15 is 0 Å². The van der Waals surface area contributed by atoms with E-state index in [1.54, 1.807) is 12.4 Å². The SMILES string of the molecule is COC(=O)C#Cc1ncc[nH]1. The summed E-state index contributed by atoms with van der Waals surface area (Å²) in [4.78, 5) is 17.0. The summed E-state index contributed by atoms with van der Waals surface area (Å²) in [6.07, 6.45) is 3.18. The van der Waals surface area contributed by atoms with Gasteiger partial charge in [0.25, 0.3) is 0 Å². The Morgan fingerprint density at radius 2 is 2.64 bits per heavy atom. The van der Waals surface area contributed by atoms with Crippen LogP contribution in [0, 0.1) is 11.8 Å². The predicted octanol–water partition coefficient (Wildman–Crippen LogP) is -0.0658. The Morgan fingerprint density at radius 1 is 1.82 bits per heavy atom. The number of ether oxygens (including phenoxy) is 1. The Kier molecular flexibility index (Phi) is 2.28. The fourth-order valence-electron chi connectivity index (χ4n) is 0.495. The summed E-state index contributed by atoms with van der Waals surface area (Å²) in [5.41, 5.74) is 0. The van der Waals surface area contributed by atoms with Crippen LogP contribution in [0.1, 0.15) is 5.82 Å². The van der Waals surface area contributed by atoms with E-state index in [9.17, 15) is 4.79 Å². The summed E-state index contributed by atoms with van der Waals surface area (Å²) >= 11 is 0. The van der Waals surface area contributed by atoms with Gasteiger partial charge in [-0.05, 0) is 5.92 Å². The minimum absolute atomic E-state index is 0.454. The molecule has 0 aliphatic heterocycles. The van der Waals surface area contributed by atoms with Crippen LogP contribution < -0.4 is 0 Å². The van der Waals surface area contributed by atoms with Crippen molar-refractivity contribution in [2.24, 2.45) is 0 Å². The molecule has 1 rings (SSSR count). The monoisotopic (exact) mass is 150 g/mol. The number of methoxy groups -OCH3 is 1. The fourth-order valence-corrected chi connectivity index (χ4v) is 0.495. The van der Waals surface area contributed by atoms with Crippen molar-refractivity contribution in [1.29, 1.82) is 0 Å². The van der Waals surface area contributed by atoms with Gasteiger partial charge < -0.3 is 9.72 Å². The molecule has 0 atom stereocenters. The van der Waals surface area contributed by atoms with Gasteiger partial charge in [0.2, 0.25) is 0 Å². The third-order valence-corrected chi connectivity index (χ3v) is 0.967. The van der Waals surface area contributed by atoms with Gasteiger partial charge in [0.05, 0.1) is 7.11 Å². The zero-order chi connectivity index (χ0) is 8.10. The highest BCUT2D eigenvalue weighted by molar-refractivity contribution is 5.88. The largest absolute Gasteiger partial charge is 0.459 e. The van der Waals surface area contributed by atoms with E-state index < -0.39 is 5.97 Å². The molecule has 0 saturated heterocycles. The zero-order valence-corrected chi connectivity index (χ0v) is 5.92. The number of carbonyl (C=O) groups excluding carboxylic acids is 1. The summed E-state index contributed by atoms with van der Waals surface area (Å²) in [5.74, 6) is 4.60. The molecule has 0 unspecified atom stereocenters. The molecule has 1 N–H and O–H groups in total. The van der Waals surface area contributed by atoms with Crippen LogP contribution in [-0.4, -0.2) is 23.0 Å². The van der Waals surface area contributed by atoms with Crippen LogP contribution in [0.5, 0.6) is 0 Å². The second kappa shape index (κ2) is 3.42. The van der Waals surface area contributed by atoms with E-state index in [2.05, 4.69) is 26.5 Å². The Morgan fingerprint density at radius 3 is 3.18 bits per heavy atom. The molecule has 1 aromatic heterocycles. The molecule has 0 radical (unpaired) electrons. The third kappa shape index (κ3) is 2.14. The lowest BCUT2D eigenvalue weighted by atomic mass is 10.5. The Balaban J connectivity index is 2.66. The summed E-state index contributed by atoms with van der Waals surface area (Å²) < 4.78 is 4.29. The van der Waals surface area contributed by atoms with Gasteiger partial charge in [0.1, 0.15) is 0 Å². The first-order chi connectivity index (χ1) is 5.33. The maximum Gasteiger partial charge on any atom is 0.384 e. The van der Waals surface area contributed by atoms with E-state index in [4.69, 9.17) is 0 Å². The minimum Gasteiger partial charge on any atom is -0.459 e. The number of hydrogen-bond donors (Lipinski definition) is 1. The molecule has 4 nitrogen and oxygen atoms in total.